The van der Waals surface area contributed by atoms with Crippen molar-refractivity contribution in [2.75, 3.05) is 13.6 Å². The van der Waals surface area contributed by atoms with Crippen LogP contribution < -0.4 is 5.32 Å². The third kappa shape index (κ3) is 4.88. The van der Waals surface area contributed by atoms with Crippen LogP contribution in [0, 0.1) is 6.92 Å². The van der Waals surface area contributed by atoms with Crippen molar-refractivity contribution in [3.8, 4) is 0 Å². The summed E-state index contributed by atoms with van der Waals surface area (Å²) in [6.07, 6.45) is 0. The minimum absolute atomic E-state index is 0.778. The fourth-order valence-corrected chi connectivity index (χ4v) is 2.45. The number of hydrogen-bond acceptors (Lipinski definition) is 3. The van der Waals surface area contributed by atoms with Crippen LogP contribution in [0.2, 0.25) is 5.02 Å². The molecule has 0 aliphatic heterocycles. The van der Waals surface area contributed by atoms with E-state index in [9.17, 15) is 0 Å². The lowest BCUT2D eigenvalue weighted by atomic mass is 10.2. The van der Waals surface area contributed by atoms with Gasteiger partial charge in [0.25, 0.3) is 0 Å². The van der Waals surface area contributed by atoms with Crippen LogP contribution in [-0.2, 0) is 19.6 Å². The maximum atomic E-state index is 5.91. The molecule has 1 aromatic heterocycles. The Morgan fingerprint density at radius 2 is 1.90 bits per heavy atom. The second-order valence-electron chi connectivity index (χ2n) is 5.37. The van der Waals surface area contributed by atoms with Gasteiger partial charge in [-0.05, 0) is 44.3 Å². The topological polar surface area (TPSA) is 28.4 Å². The van der Waals surface area contributed by atoms with E-state index in [4.69, 9.17) is 16.0 Å². The maximum absolute atomic E-state index is 5.91. The summed E-state index contributed by atoms with van der Waals surface area (Å²) in [7, 11) is 2.12. The van der Waals surface area contributed by atoms with E-state index >= 15 is 0 Å². The molecule has 0 amide bonds. The van der Waals surface area contributed by atoms with E-state index in [1.807, 2.05) is 19.1 Å². The molecule has 0 fully saturated rings. The molecule has 0 atom stereocenters. The molecule has 0 aliphatic rings. The highest BCUT2D eigenvalue weighted by molar-refractivity contribution is 6.30. The van der Waals surface area contributed by atoms with Crippen molar-refractivity contribution in [3.05, 3.63) is 58.0 Å². The number of furan rings is 1. The molecule has 2 rings (SSSR count). The zero-order valence-corrected chi connectivity index (χ0v) is 13.7. The summed E-state index contributed by atoms with van der Waals surface area (Å²) in [4.78, 5) is 2.28. The number of rotatable bonds is 7. The van der Waals surface area contributed by atoms with E-state index in [0.29, 0.717) is 0 Å². The molecule has 2 aromatic rings. The molecule has 0 bridgehead atoms. The normalized spacial score (nSPS) is 11.3. The first-order valence-corrected chi connectivity index (χ1v) is 7.68. The molecule has 0 unspecified atom stereocenters. The first kappa shape index (κ1) is 16.1. The van der Waals surface area contributed by atoms with Crippen LogP contribution in [0.4, 0.5) is 0 Å². The summed E-state index contributed by atoms with van der Waals surface area (Å²) in [6, 6.07) is 10.1. The van der Waals surface area contributed by atoms with Crippen molar-refractivity contribution in [2.24, 2.45) is 0 Å². The average molecular weight is 307 g/mol. The Hall–Kier alpha value is -1.29. The second kappa shape index (κ2) is 7.64. The second-order valence-corrected chi connectivity index (χ2v) is 5.81. The van der Waals surface area contributed by atoms with Crippen molar-refractivity contribution in [3.63, 3.8) is 0 Å². The molecule has 1 aromatic carbocycles. The highest BCUT2D eigenvalue weighted by atomic mass is 35.5. The standard InChI is InChI=1S/C17H23ClN2O/c1-4-19-10-17-9-15(13(2)21-17)12-20(3)11-14-5-7-16(18)8-6-14/h5-9,19H,4,10-12H2,1-3H3. The highest BCUT2D eigenvalue weighted by Crippen LogP contribution is 2.18. The molecule has 0 saturated heterocycles. The summed E-state index contributed by atoms with van der Waals surface area (Å²) in [5, 5.41) is 4.06. The Balaban J connectivity index is 1.94. The lowest BCUT2D eigenvalue weighted by Gasteiger charge is -2.16. The van der Waals surface area contributed by atoms with Crippen LogP contribution in [0.1, 0.15) is 29.6 Å². The quantitative estimate of drug-likeness (QED) is 0.838. The van der Waals surface area contributed by atoms with Crippen molar-refractivity contribution in [1.82, 2.24) is 10.2 Å². The van der Waals surface area contributed by atoms with Gasteiger partial charge in [0.2, 0.25) is 0 Å². The number of benzene rings is 1. The number of halogens is 1. The molecule has 0 radical (unpaired) electrons. The minimum Gasteiger partial charge on any atom is -0.465 e. The fraction of sp³-hybridized carbons (Fsp3) is 0.412. The van der Waals surface area contributed by atoms with Crippen LogP contribution in [0.15, 0.2) is 34.7 Å². The van der Waals surface area contributed by atoms with E-state index in [0.717, 1.165) is 42.7 Å². The van der Waals surface area contributed by atoms with E-state index < -0.39 is 0 Å². The summed E-state index contributed by atoms with van der Waals surface area (Å²) in [5.41, 5.74) is 2.51. The monoisotopic (exact) mass is 306 g/mol. The first-order chi connectivity index (χ1) is 10.1. The Labute approximate surface area is 131 Å². The fourth-order valence-electron chi connectivity index (χ4n) is 2.33. The molecule has 1 heterocycles. The predicted octanol–water partition coefficient (Wildman–Crippen LogP) is 3.98. The van der Waals surface area contributed by atoms with Gasteiger partial charge < -0.3 is 9.73 Å². The van der Waals surface area contributed by atoms with Gasteiger partial charge in [-0.2, -0.15) is 0 Å². The summed E-state index contributed by atoms with van der Waals surface area (Å²) < 4.78 is 5.78. The minimum atomic E-state index is 0.778. The molecule has 0 saturated carbocycles. The van der Waals surface area contributed by atoms with Gasteiger partial charge in [-0.3, -0.25) is 4.90 Å². The van der Waals surface area contributed by atoms with Gasteiger partial charge in [-0.1, -0.05) is 30.7 Å². The lowest BCUT2D eigenvalue weighted by Crippen LogP contribution is -2.17. The molecular weight excluding hydrogens is 284 g/mol. The largest absolute Gasteiger partial charge is 0.465 e. The highest BCUT2D eigenvalue weighted by Gasteiger charge is 2.10. The van der Waals surface area contributed by atoms with Crippen LogP contribution in [0.3, 0.4) is 0 Å². The van der Waals surface area contributed by atoms with Gasteiger partial charge >= 0.3 is 0 Å². The first-order valence-electron chi connectivity index (χ1n) is 7.30. The number of hydrogen-bond donors (Lipinski definition) is 1. The Kier molecular flexibility index (Phi) is 5.85. The van der Waals surface area contributed by atoms with Crippen LogP contribution in [-0.4, -0.2) is 18.5 Å². The molecule has 1 N–H and O–H groups in total. The van der Waals surface area contributed by atoms with Crippen LogP contribution >= 0.6 is 11.6 Å². The maximum Gasteiger partial charge on any atom is 0.118 e. The molecule has 3 nitrogen and oxygen atoms in total. The molecule has 114 valence electrons. The Bertz CT molecular complexity index is 563. The molecule has 4 heteroatoms. The van der Waals surface area contributed by atoms with E-state index in [-0.39, 0.29) is 0 Å². The molecule has 0 spiro atoms. The summed E-state index contributed by atoms with van der Waals surface area (Å²) in [6.45, 7) is 7.63. The smallest absolute Gasteiger partial charge is 0.118 e. The van der Waals surface area contributed by atoms with Gasteiger partial charge in [-0.25, -0.2) is 0 Å². The Morgan fingerprint density at radius 3 is 2.57 bits per heavy atom. The molecule has 21 heavy (non-hydrogen) atoms. The molecule has 0 aliphatic carbocycles. The van der Waals surface area contributed by atoms with E-state index in [1.165, 1.54) is 11.1 Å². The van der Waals surface area contributed by atoms with Gasteiger partial charge in [0.05, 0.1) is 6.54 Å². The number of nitrogens with zero attached hydrogens (tertiary/aromatic N) is 1. The van der Waals surface area contributed by atoms with Gasteiger partial charge in [0.15, 0.2) is 0 Å². The SMILES string of the molecule is CCNCc1cc(CN(C)Cc2ccc(Cl)cc2)c(C)o1. The third-order valence-electron chi connectivity index (χ3n) is 3.43. The van der Waals surface area contributed by atoms with Gasteiger partial charge in [0, 0.05) is 23.7 Å². The van der Waals surface area contributed by atoms with E-state index in [1.54, 1.807) is 0 Å². The van der Waals surface area contributed by atoms with Gasteiger partial charge in [0.1, 0.15) is 11.5 Å². The predicted molar refractivity (Wildman–Crippen MR) is 87.4 cm³/mol. The van der Waals surface area contributed by atoms with Crippen LogP contribution in [0.5, 0.6) is 0 Å². The molecular formula is C17H23ClN2O. The van der Waals surface area contributed by atoms with Crippen LogP contribution in [0.25, 0.3) is 0 Å². The average Bonchev–Trinajstić information content (AvgIpc) is 2.79. The summed E-state index contributed by atoms with van der Waals surface area (Å²) >= 11 is 5.91. The van der Waals surface area contributed by atoms with E-state index in [2.05, 4.69) is 42.4 Å². The number of aryl methyl sites for hydroxylation is 1. The van der Waals surface area contributed by atoms with Crippen molar-refractivity contribution in [2.45, 2.75) is 33.5 Å². The lowest BCUT2D eigenvalue weighted by molar-refractivity contribution is 0.316. The Morgan fingerprint density at radius 1 is 1.19 bits per heavy atom. The van der Waals surface area contributed by atoms with Crippen molar-refractivity contribution >= 4 is 11.6 Å². The number of nitrogens with one attached hydrogen (secondary N) is 1. The van der Waals surface area contributed by atoms with Crippen molar-refractivity contribution in [1.29, 1.82) is 0 Å². The zero-order chi connectivity index (χ0) is 15.2. The van der Waals surface area contributed by atoms with Crippen molar-refractivity contribution < 1.29 is 4.42 Å². The zero-order valence-electron chi connectivity index (χ0n) is 12.9. The third-order valence-corrected chi connectivity index (χ3v) is 3.68. The summed E-state index contributed by atoms with van der Waals surface area (Å²) in [5.74, 6) is 2.01. The van der Waals surface area contributed by atoms with Gasteiger partial charge in [-0.15, -0.1) is 0 Å².